The van der Waals surface area contributed by atoms with E-state index in [2.05, 4.69) is 0 Å². The summed E-state index contributed by atoms with van der Waals surface area (Å²) in [5, 5.41) is 1.75. The minimum Gasteiger partial charge on any atom is -0.452 e. The summed E-state index contributed by atoms with van der Waals surface area (Å²) in [6.45, 7) is 1.94. The molecule has 0 saturated heterocycles. The molecule has 0 atom stereocenters. The van der Waals surface area contributed by atoms with Crippen LogP contribution in [0.2, 0.25) is 10.0 Å². The summed E-state index contributed by atoms with van der Waals surface area (Å²) >= 11 is 11.8. The standard InChI is InChI=1S/C16H10Cl2O2/c1-9-3-2-4-10-7-14(20-16(9)10)15(19)11-5-12(17)8-13(18)6-11/h2-8H,1H3. The molecule has 0 fully saturated rings. The van der Waals surface area contributed by atoms with E-state index in [9.17, 15) is 4.79 Å². The molecule has 2 nitrogen and oxygen atoms in total. The van der Waals surface area contributed by atoms with Gasteiger partial charge in [-0.1, -0.05) is 41.4 Å². The number of para-hydroxylation sites is 1. The molecule has 0 aliphatic rings. The number of hydrogen-bond donors (Lipinski definition) is 0. The topological polar surface area (TPSA) is 30.2 Å². The fourth-order valence-corrected chi connectivity index (χ4v) is 2.67. The van der Waals surface area contributed by atoms with Crippen LogP contribution in [0.4, 0.5) is 0 Å². The Kier molecular flexibility index (Phi) is 3.28. The fourth-order valence-electron chi connectivity index (χ4n) is 2.15. The van der Waals surface area contributed by atoms with Gasteiger partial charge < -0.3 is 4.42 Å². The third-order valence-electron chi connectivity index (χ3n) is 3.09. The molecule has 0 radical (unpaired) electrons. The van der Waals surface area contributed by atoms with E-state index in [1.165, 1.54) is 0 Å². The number of fused-ring (bicyclic) bond motifs is 1. The highest BCUT2D eigenvalue weighted by atomic mass is 35.5. The van der Waals surface area contributed by atoms with Crippen molar-refractivity contribution in [1.29, 1.82) is 0 Å². The Morgan fingerprint density at radius 2 is 1.75 bits per heavy atom. The van der Waals surface area contributed by atoms with Crippen LogP contribution in [0.1, 0.15) is 21.7 Å². The predicted molar refractivity (Wildman–Crippen MR) is 80.8 cm³/mol. The van der Waals surface area contributed by atoms with Crippen LogP contribution in [0.5, 0.6) is 0 Å². The smallest absolute Gasteiger partial charge is 0.228 e. The number of hydrogen-bond acceptors (Lipinski definition) is 2. The Bertz CT molecular complexity index is 798. The first-order valence-corrected chi connectivity index (χ1v) is 6.80. The van der Waals surface area contributed by atoms with Crippen molar-refractivity contribution in [3.8, 4) is 0 Å². The first kappa shape index (κ1) is 13.2. The molecule has 0 aliphatic carbocycles. The van der Waals surface area contributed by atoms with E-state index in [1.54, 1.807) is 24.3 Å². The normalized spacial score (nSPS) is 10.9. The quantitative estimate of drug-likeness (QED) is 0.603. The van der Waals surface area contributed by atoms with Crippen molar-refractivity contribution in [2.75, 3.05) is 0 Å². The average Bonchev–Trinajstić information content (AvgIpc) is 2.82. The van der Waals surface area contributed by atoms with E-state index in [4.69, 9.17) is 27.6 Å². The van der Waals surface area contributed by atoms with Crippen LogP contribution in [0, 0.1) is 6.92 Å². The lowest BCUT2D eigenvalue weighted by molar-refractivity contribution is 0.101. The highest BCUT2D eigenvalue weighted by Crippen LogP contribution is 2.26. The molecule has 0 saturated carbocycles. The SMILES string of the molecule is Cc1cccc2cc(C(=O)c3cc(Cl)cc(Cl)c3)oc12. The second-order valence-electron chi connectivity index (χ2n) is 4.59. The van der Waals surface area contributed by atoms with Gasteiger partial charge in [-0.2, -0.15) is 0 Å². The number of furan rings is 1. The van der Waals surface area contributed by atoms with Crippen molar-refractivity contribution in [3.63, 3.8) is 0 Å². The maximum atomic E-state index is 12.4. The minimum atomic E-state index is -0.231. The van der Waals surface area contributed by atoms with Crippen LogP contribution in [0.3, 0.4) is 0 Å². The fraction of sp³-hybridized carbons (Fsp3) is 0.0625. The summed E-state index contributed by atoms with van der Waals surface area (Å²) in [5.74, 6) is 0.0534. The minimum absolute atomic E-state index is 0.231. The van der Waals surface area contributed by atoms with Gasteiger partial charge in [-0.3, -0.25) is 4.79 Å². The van der Waals surface area contributed by atoms with E-state index in [1.807, 2.05) is 25.1 Å². The maximum absolute atomic E-state index is 12.4. The molecule has 2 aromatic carbocycles. The summed E-state index contributed by atoms with van der Waals surface area (Å²) in [4.78, 5) is 12.4. The molecule has 0 N–H and O–H groups in total. The van der Waals surface area contributed by atoms with Gasteiger partial charge in [0.25, 0.3) is 0 Å². The zero-order chi connectivity index (χ0) is 14.3. The number of carbonyl (C=O) groups excluding carboxylic acids is 1. The summed E-state index contributed by atoms with van der Waals surface area (Å²) in [7, 11) is 0. The monoisotopic (exact) mass is 304 g/mol. The Morgan fingerprint density at radius 1 is 1.05 bits per heavy atom. The summed E-state index contributed by atoms with van der Waals surface area (Å²) < 4.78 is 5.66. The lowest BCUT2D eigenvalue weighted by Crippen LogP contribution is -1.99. The van der Waals surface area contributed by atoms with Gasteiger partial charge in [0, 0.05) is 21.0 Å². The summed E-state index contributed by atoms with van der Waals surface area (Å²) in [6, 6.07) is 12.3. The molecular weight excluding hydrogens is 295 g/mol. The molecule has 0 amide bonds. The summed E-state index contributed by atoms with van der Waals surface area (Å²) in [5.41, 5.74) is 2.13. The Balaban J connectivity index is 2.10. The molecule has 0 unspecified atom stereocenters. The summed E-state index contributed by atoms with van der Waals surface area (Å²) in [6.07, 6.45) is 0. The molecule has 1 aromatic heterocycles. The Hall–Kier alpha value is -1.77. The zero-order valence-electron chi connectivity index (χ0n) is 10.6. The molecule has 3 aromatic rings. The van der Waals surface area contributed by atoms with Crippen LogP contribution in [0.25, 0.3) is 11.0 Å². The van der Waals surface area contributed by atoms with Crippen molar-refractivity contribution in [1.82, 2.24) is 0 Å². The number of benzene rings is 2. The third kappa shape index (κ3) is 2.33. The lowest BCUT2D eigenvalue weighted by Gasteiger charge is -2.00. The van der Waals surface area contributed by atoms with E-state index in [0.29, 0.717) is 15.6 Å². The van der Waals surface area contributed by atoms with E-state index < -0.39 is 0 Å². The second kappa shape index (κ2) is 4.97. The van der Waals surface area contributed by atoms with Crippen LogP contribution in [0.15, 0.2) is 46.9 Å². The Labute approximate surface area is 125 Å². The van der Waals surface area contributed by atoms with Gasteiger partial charge in [0.1, 0.15) is 5.58 Å². The average molecular weight is 305 g/mol. The number of aryl methyl sites for hydroxylation is 1. The van der Waals surface area contributed by atoms with Crippen LogP contribution >= 0.6 is 23.2 Å². The second-order valence-corrected chi connectivity index (χ2v) is 5.46. The molecule has 0 aliphatic heterocycles. The molecule has 4 heteroatoms. The van der Waals surface area contributed by atoms with Gasteiger partial charge in [-0.05, 0) is 36.8 Å². The van der Waals surface area contributed by atoms with Crippen LogP contribution in [-0.2, 0) is 0 Å². The van der Waals surface area contributed by atoms with Gasteiger partial charge in [0.2, 0.25) is 5.78 Å². The van der Waals surface area contributed by atoms with Crippen molar-refractivity contribution < 1.29 is 9.21 Å². The number of carbonyl (C=O) groups is 1. The lowest BCUT2D eigenvalue weighted by atomic mass is 10.1. The Morgan fingerprint density at radius 3 is 2.40 bits per heavy atom. The maximum Gasteiger partial charge on any atom is 0.228 e. The van der Waals surface area contributed by atoms with Gasteiger partial charge in [-0.15, -0.1) is 0 Å². The molecule has 0 bridgehead atoms. The molecule has 100 valence electrons. The highest BCUT2D eigenvalue weighted by molar-refractivity contribution is 6.35. The van der Waals surface area contributed by atoms with Crippen molar-refractivity contribution in [2.24, 2.45) is 0 Å². The predicted octanol–water partition coefficient (Wildman–Crippen LogP) is 5.28. The van der Waals surface area contributed by atoms with Crippen LogP contribution in [-0.4, -0.2) is 5.78 Å². The van der Waals surface area contributed by atoms with E-state index in [-0.39, 0.29) is 11.5 Å². The van der Waals surface area contributed by atoms with Gasteiger partial charge in [0.15, 0.2) is 5.76 Å². The first-order chi connectivity index (χ1) is 9.54. The number of halogens is 2. The van der Waals surface area contributed by atoms with Crippen molar-refractivity contribution in [2.45, 2.75) is 6.92 Å². The van der Waals surface area contributed by atoms with Gasteiger partial charge >= 0.3 is 0 Å². The zero-order valence-corrected chi connectivity index (χ0v) is 12.1. The highest BCUT2D eigenvalue weighted by Gasteiger charge is 2.16. The molecule has 3 rings (SSSR count). The van der Waals surface area contributed by atoms with Crippen molar-refractivity contribution in [3.05, 3.63) is 69.4 Å². The van der Waals surface area contributed by atoms with Crippen molar-refractivity contribution >= 4 is 40.0 Å². The van der Waals surface area contributed by atoms with Crippen LogP contribution < -0.4 is 0 Å². The molecular formula is C16H10Cl2O2. The first-order valence-electron chi connectivity index (χ1n) is 6.04. The number of ketones is 1. The molecule has 20 heavy (non-hydrogen) atoms. The van der Waals surface area contributed by atoms with E-state index in [0.717, 1.165) is 16.5 Å². The van der Waals surface area contributed by atoms with Gasteiger partial charge in [-0.25, -0.2) is 0 Å². The third-order valence-corrected chi connectivity index (χ3v) is 3.53. The number of rotatable bonds is 2. The largest absolute Gasteiger partial charge is 0.452 e. The molecule has 0 spiro atoms. The van der Waals surface area contributed by atoms with E-state index >= 15 is 0 Å². The van der Waals surface area contributed by atoms with Gasteiger partial charge in [0.05, 0.1) is 0 Å². The molecule has 1 heterocycles.